The maximum atomic E-state index is 12.4. The first kappa shape index (κ1) is 24.9. The van der Waals surface area contributed by atoms with Crippen LogP contribution in [0.1, 0.15) is 53.5 Å². The molecule has 0 aromatic carbocycles. The molecule has 3 heterocycles. The van der Waals surface area contributed by atoms with Gasteiger partial charge in [-0.05, 0) is 63.8 Å². The number of ether oxygens (including phenoxy) is 2. The van der Waals surface area contributed by atoms with E-state index in [0.29, 0.717) is 17.9 Å². The third-order valence-corrected chi connectivity index (χ3v) is 5.01. The molecule has 3 aromatic rings. The minimum absolute atomic E-state index is 0.132. The Labute approximate surface area is 200 Å². The van der Waals surface area contributed by atoms with E-state index < -0.39 is 17.2 Å². The molecule has 178 valence electrons. The Hall–Kier alpha value is -3.73. The monoisotopic (exact) mass is 461 g/mol. The Kier molecular flexibility index (Phi) is 7.35. The van der Waals surface area contributed by atoms with E-state index in [2.05, 4.69) is 40.2 Å². The highest BCUT2D eigenvalue weighted by atomic mass is 16.6. The third kappa shape index (κ3) is 6.41. The summed E-state index contributed by atoms with van der Waals surface area (Å²) in [4.78, 5) is 25.4. The molecule has 0 aliphatic carbocycles. The molecule has 0 fully saturated rings. The number of nitrogens with one attached hydrogen (secondary N) is 1. The SMILES string of the molecule is CC(C)CC(C)(COc1ncc(-c2ccnc3ccncc23)cc1C#N)NC(=O)OC(C)(C)C. The van der Waals surface area contributed by atoms with Crippen LogP contribution >= 0.6 is 0 Å². The van der Waals surface area contributed by atoms with E-state index in [1.165, 1.54) is 0 Å². The summed E-state index contributed by atoms with van der Waals surface area (Å²) in [7, 11) is 0. The van der Waals surface area contributed by atoms with E-state index in [1.54, 1.807) is 30.9 Å². The standard InChI is InChI=1S/C26H31N5O3/c1-17(2)12-26(6,31-24(32)34-25(3,4)5)16-33-23-18(13-27)11-19(14-30-23)20-7-10-29-22-8-9-28-15-21(20)22/h7-11,14-15,17H,12,16H2,1-6H3,(H,31,32). The lowest BCUT2D eigenvalue weighted by atomic mass is 9.91. The average molecular weight is 462 g/mol. The lowest BCUT2D eigenvalue weighted by Gasteiger charge is -2.33. The summed E-state index contributed by atoms with van der Waals surface area (Å²) in [5, 5.41) is 13.6. The van der Waals surface area contributed by atoms with Crippen molar-refractivity contribution in [1.82, 2.24) is 20.3 Å². The Balaban J connectivity index is 1.84. The average Bonchev–Trinajstić information content (AvgIpc) is 2.75. The molecule has 3 rings (SSSR count). The highest BCUT2D eigenvalue weighted by molar-refractivity contribution is 5.93. The minimum atomic E-state index is -0.712. The molecule has 0 spiro atoms. The number of carbonyl (C=O) groups excluding carboxylic acids is 1. The van der Waals surface area contributed by atoms with Gasteiger partial charge in [-0.1, -0.05) is 13.8 Å². The van der Waals surface area contributed by atoms with Crippen LogP contribution in [0.2, 0.25) is 0 Å². The maximum absolute atomic E-state index is 12.4. The zero-order chi connectivity index (χ0) is 24.9. The van der Waals surface area contributed by atoms with E-state index in [-0.39, 0.29) is 12.5 Å². The number of carbonyl (C=O) groups is 1. The first-order valence-corrected chi connectivity index (χ1v) is 11.2. The first-order valence-electron chi connectivity index (χ1n) is 11.2. The van der Waals surface area contributed by atoms with Crippen LogP contribution in [0.4, 0.5) is 4.79 Å². The van der Waals surface area contributed by atoms with Crippen molar-refractivity contribution in [3.63, 3.8) is 0 Å². The molecule has 34 heavy (non-hydrogen) atoms. The van der Waals surface area contributed by atoms with Crippen LogP contribution in [0.5, 0.6) is 5.88 Å². The number of hydrogen-bond acceptors (Lipinski definition) is 7. The lowest BCUT2D eigenvalue weighted by Crippen LogP contribution is -2.52. The van der Waals surface area contributed by atoms with Crippen LogP contribution in [0.25, 0.3) is 22.0 Å². The van der Waals surface area contributed by atoms with Gasteiger partial charge in [-0.2, -0.15) is 5.26 Å². The number of nitriles is 1. The van der Waals surface area contributed by atoms with Crippen molar-refractivity contribution in [3.05, 3.63) is 48.5 Å². The second-order valence-corrected chi connectivity index (χ2v) is 10.0. The smallest absolute Gasteiger partial charge is 0.408 e. The van der Waals surface area contributed by atoms with Gasteiger partial charge in [-0.25, -0.2) is 9.78 Å². The number of rotatable bonds is 7. The van der Waals surface area contributed by atoms with Crippen LogP contribution in [0.3, 0.4) is 0 Å². The number of fused-ring (bicyclic) bond motifs is 1. The van der Waals surface area contributed by atoms with Crippen molar-refractivity contribution in [2.24, 2.45) is 5.92 Å². The molecular weight excluding hydrogens is 430 g/mol. The zero-order valence-electron chi connectivity index (χ0n) is 20.5. The fraction of sp³-hybridized carbons (Fsp3) is 0.423. The molecule has 0 bridgehead atoms. The van der Waals surface area contributed by atoms with Gasteiger partial charge in [0.25, 0.3) is 0 Å². The maximum Gasteiger partial charge on any atom is 0.408 e. The van der Waals surface area contributed by atoms with Gasteiger partial charge in [0.15, 0.2) is 0 Å². The number of pyridine rings is 3. The first-order chi connectivity index (χ1) is 16.0. The second kappa shape index (κ2) is 10.0. The van der Waals surface area contributed by atoms with E-state index >= 15 is 0 Å². The molecule has 0 radical (unpaired) electrons. The number of hydrogen-bond donors (Lipinski definition) is 1. The molecule has 1 atom stereocenters. The summed E-state index contributed by atoms with van der Waals surface area (Å²) in [5.74, 6) is 0.506. The number of amides is 1. The van der Waals surface area contributed by atoms with Crippen LogP contribution in [0.15, 0.2) is 43.0 Å². The van der Waals surface area contributed by atoms with Crippen LogP contribution in [-0.2, 0) is 4.74 Å². The number of alkyl carbamates (subject to hydrolysis) is 1. The van der Waals surface area contributed by atoms with Crippen molar-refractivity contribution in [2.45, 2.75) is 59.1 Å². The van der Waals surface area contributed by atoms with Gasteiger partial charge in [0, 0.05) is 35.7 Å². The lowest BCUT2D eigenvalue weighted by molar-refractivity contribution is 0.0405. The minimum Gasteiger partial charge on any atom is -0.474 e. The Morgan fingerprint density at radius 3 is 2.59 bits per heavy atom. The molecular formula is C26H31N5O3. The molecule has 0 aliphatic heterocycles. The molecule has 0 saturated heterocycles. The summed E-state index contributed by atoms with van der Waals surface area (Å²) in [6.07, 6.45) is 6.96. The van der Waals surface area contributed by atoms with Crippen LogP contribution in [-0.4, -0.2) is 38.8 Å². The molecule has 8 nitrogen and oxygen atoms in total. The van der Waals surface area contributed by atoms with E-state index in [9.17, 15) is 10.1 Å². The van der Waals surface area contributed by atoms with Gasteiger partial charge in [-0.3, -0.25) is 9.97 Å². The van der Waals surface area contributed by atoms with Crippen LogP contribution < -0.4 is 10.1 Å². The largest absolute Gasteiger partial charge is 0.474 e. The predicted molar refractivity (Wildman–Crippen MR) is 130 cm³/mol. The zero-order valence-corrected chi connectivity index (χ0v) is 20.5. The summed E-state index contributed by atoms with van der Waals surface area (Å²) in [6.45, 7) is 11.6. The molecule has 0 aliphatic rings. The van der Waals surface area contributed by atoms with Gasteiger partial charge >= 0.3 is 6.09 Å². The summed E-state index contributed by atoms with van der Waals surface area (Å²) in [5.41, 5.74) is 1.43. The van der Waals surface area contributed by atoms with Gasteiger partial charge in [-0.15, -0.1) is 0 Å². The Bertz CT molecular complexity index is 1210. The van der Waals surface area contributed by atoms with Crippen molar-refractivity contribution >= 4 is 17.0 Å². The van der Waals surface area contributed by atoms with E-state index in [1.807, 2.05) is 39.8 Å². The van der Waals surface area contributed by atoms with Crippen molar-refractivity contribution < 1.29 is 14.3 Å². The number of nitrogens with zero attached hydrogens (tertiary/aromatic N) is 4. The Morgan fingerprint density at radius 2 is 1.91 bits per heavy atom. The van der Waals surface area contributed by atoms with Gasteiger partial charge in [0.1, 0.15) is 23.8 Å². The topological polar surface area (TPSA) is 110 Å². The van der Waals surface area contributed by atoms with Crippen LogP contribution in [0, 0.1) is 17.2 Å². The fourth-order valence-electron chi connectivity index (χ4n) is 3.86. The highest BCUT2D eigenvalue weighted by Gasteiger charge is 2.31. The molecule has 1 unspecified atom stereocenters. The van der Waals surface area contributed by atoms with Crippen molar-refractivity contribution in [2.75, 3.05) is 6.61 Å². The molecule has 0 saturated carbocycles. The summed E-state index contributed by atoms with van der Waals surface area (Å²) >= 11 is 0. The number of aromatic nitrogens is 3. The predicted octanol–water partition coefficient (Wildman–Crippen LogP) is 5.27. The highest BCUT2D eigenvalue weighted by Crippen LogP contribution is 2.29. The van der Waals surface area contributed by atoms with Gasteiger partial charge < -0.3 is 14.8 Å². The summed E-state index contributed by atoms with van der Waals surface area (Å²) in [6, 6.07) is 7.62. The normalized spacial score (nSPS) is 13.2. The van der Waals surface area contributed by atoms with Crippen molar-refractivity contribution in [3.8, 4) is 23.1 Å². The molecule has 8 heteroatoms. The third-order valence-electron chi connectivity index (χ3n) is 5.01. The van der Waals surface area contributed by atoms with Crippen molar-refractivity contribution in [1.29, 1.82) is 5.26 Å². The molecule has 1 N–H and O–H groups in total. The Morgan fingerprint density at radius 1 is 1.15 bits per heavy atom. The summed E-state index contributed by atoms with van der Waals surface area (Å²) < 4.78 is 11.4. The second-order valence-electron chi connectivity index (χ2n) is 10.0. The fourth-order valence-corrected chi connectivity index (χ4v) is 3.86. The molecule has 3 aromatic heterocycles. The van der Waals surface area contributed by atoms with E-state index in [4.69, 9.17) is 9.47 Å². The molecule has 1 amide bonds. The quantitative estimate of drug-likeness (QED) is 0.510. The van der Waals surface area contributed by atoms with Gasteiger partial charge in [0.2, 0.25) is 5.88 Å². The van der Waals surface area contributed by atoms with Gasteiger partial charge in [0.05, 0.1) is 11.1 Å². The van der Waals surface area contributed by atoms with E-state index in [0.717, 1.165) is 22.0 Å².